The summed E-state index contributed by atoms with van der Waals surface area (Å²) in [5.41, 5.74) is 0.692. The van der Waals surface area contributed by atoms with Crippen LogP contribution in [0.1, 0.15) is 13.3 Å². The van der Waals surface area contributed by atoms with Crippen LogP contribution in [0.3, 0.4) is 0 Å². The lowest BCUT2D eigenvalue weighted by atomic mass is 10.3. The van der Waals surface area contributed by atoms with Gasteiger partial charge in [0.1, 0.15) is 0 Å². The first-order valence-electron chi connectivity index (χ1n) is 4.88. The fourth-order valence-corrected chi connectivity index (χ4v) is 1.23. The van der Waals surface area contributed by atoms with Gasteiger partial charge in [0, 0.05) is 30.6 Å². The highest BCUT2D eigenvalue weighted by atomic mass is 35.5. The minimum atomic E-state index is -0.143. The summed E-state index contributed by atoms with van der Waals surface area (Å²) in [6.07, 6.45) is 0.252. The van der Waals surface area contributed by atoms with Gasteiger partial charge >= 0.3 is 0 Å². The number of anilines is 1. The maximum Gasteiger partial charge on any atom is 0.226 e. The summed E-state index contributed by atoms with van der Waals surface area (Å²) in [5.74, 6) is -0.282. The predicted octanol–water partition coefficient (Wildman–Crippen LogP) is 1.80. The van der Waals surface area contributed by atoms with Gasteiger partial charge in [-0.1, -0.05) is 11.6 Å². The number of benzene rings is 1. The molecule has 0 unspecified atom stereocenters. The van der Waals surface area contributed by atoms with E-state index in [0.717, 1.165) is 0 Å². The molecule has 1 aromatic rings. The van der Waals surface area contributed by atoms with Gasteiger partial charge in [0.25, 0.3) is 0 Å². The van der Waals surface area contributed by atoms with Gasteiger partial charge in [-0.05, 0) is 24.3 Å². The van der Waals surface area contributed by atoms with E-state index in [-0.39, 0.29) is 18.2 Å². The van der Waals surface area contributed by atoms with Crippen molar-refractivity contribution in [2.24, 2.45) is 0 Å². The zero-order chi connectivity index (χ0) is 12.0. The average molecular weight is 241 g/mol. The lowest BCUT2D eigenvalue weighted by Crippen LogP contribution is -2.25. The zero-order valence-corrected chi connectivity index (χ0v) is 9.67. The standard InChI is InChI=1S/C11H13ClN2O2/c1-8(15)13-7-6-11(16)14-10-4-2-9(12)3-5-10/h2-5H,6-7H2,1H3,(H,13,15)(H,14,16). The Morgan fingerprint density at radius 1 is 1.25 bits per heavy atom. The summed E-state index contributed by atoms with van der Waals surface area (Å²) >= 11 is 5.71. The molecule has 0 aliphatic heterocycles. The van der Waals surface area contributed by atoms with Gasteiger partial charge in [0.15, 0.2) is 0 Å². The Morgan fingerprint density at radius 2 is 1.88 bits per heavy atom. The maximum absolute atomic E-state index is 11.4. The molecule has 0 saturated heterocycles. The molecule has 2 amide bonds. The highest BCUT2D eigenvalue weighted by molar-refractivity contribution is 6.30. The topological polar surface area (TPSA) is 58.2 Å². The molecule has 0 spiro atoms. The highest BCUT2D eigenvalue weighted by Gasteiger charge is 2.02. The number of nitrogens with one attached hydrogen (secondary N) is 2. The monoisotopic (exact) mass is 240 g/mol. The average Bonchev–Trinajstić information content (AvgIpc) is 2.21. The Morgan fingerprint density at radius 3 is 2.44 bits per heavy atom. The fraction of sp³-hybridized carbons (Fsp3) is 0.273. The SMILES string of the molecule is CC(=O)NCCC(=O)Nc1ccc(Cl)cc1. The molecule has 4 nitrogen and oxygen atoms in total. The Bertz CT molecular complexity index is 376. The molecule has 2 N–H and O–H groups in total. The molecule has 0 bridgehead atoms. The largest absolute Gasteiger partial charge is 0.356 e. The molecule has 0 aliphatic rings. The molecule has 1 aromatic carbocycles. The minimum absolute atomic E-state index is 0.140. The van der Waals surface area contributed by atoms with Crippen molar-refractivity contribution in [3.8, 4) is 0 Å². The summed E-state index contributed by atoms with van der Waals surface area (Å²) in [4.78, 5) is 21.9. The second-order valence-electron chi connectivity index (χ2n) is 3.29. The molecule has 0 aromatic heterocycles. The first-order valence-corrected chi connectivity index (χ1v) is 5.25. The van der Waals surface area contributed by atoms with Crippen molar-refractivity contribution in [3.63, 3.8) is 0 Å². The molecule has 0 saturated carbocycles. The molecule has 0 fully saturated rings. The van der Waals surface area contributed by atoms with Crippen molar-refractivity contribution in [3.05, 3.63) is 29.3 Å². The first-order chi connectivity index (χ1) is 7.58. The predicted molar refractivity (Wildman–Crippen MR) is 63.4 cm³/mol. The molecule has 0 radical (unpaired) electrons. The second kappa shape index (κ2) is 6.12. The molecule has 1 rings (SSSR count). The van der Waals surface area contributed by atoms with Gasteiger partial charge in [-0.3, -0.25) is 9.59 Å². The van der Waals surface area contributed by atoms with Crippen molar-refractivity contribution in [2.75, 3.05) is 11.9 Å². The summed E-state index contributed by atoms with van der Waals surface area (Å²) < 4.78 is 0. The Balaban J connectivity index is 2.34. The molecule has 0 aliphatic carbocycles. The normalized spacial score (nSPS) is 9.62. The van der Waals surface area contributed by atoms with E-state index in [0.29, 0.717) is 17.3 Å². The minimum Gasteiger partial charge on any atom is -0.356 e. The second-order valence-corrected chi connectivity index (χ2v) is 3.72. The molecule has 0 heterocycles. The summed E-state index contributed by atoms with van der Waals surface area (Å²) in [6, 6.07) is 6.84. The van der Waals surface area contributed by atoms with Crippen LogP contribution in [0.5, 0.6) is 0 Å². The van der Waals surface area contributed by atoms with Crippen LogP contribution in [0.25, 0.3) is 0 Å². The van der Waals surface area contributed by atoms with Crippen molar-refractivity contribution in [1.82, 2.24) is 5.32 Å². The smallest absolute Gasteiger partial charge is 0.226 e. The molecule has 0 atom stereocenters. The van der Waals surface area contributed by atoms with Crippen molar-refractivity contribution >= 4 is 29.1 Å². The lowest BCUT2D eigenvalue weighted by molar-refractivity contribution is -0.119. The number of hydrogen-bond donors (Lipinski definition) is 2. The third-order valence-electron chi connectivity index (χ3n) is 1.85. The van der Waals surface area contributed by atoms with Gasteiger partial charge in [0.2, 0.25) is 11.8 Å². The summed E-state index contributed by atoms with van der Waals surface area (Å²) in [6.45, 7) is 1.76. The Kier molecular flexibility index (Phi) is 4.79. The number of halogens is 1. The number of carbonyl (C=O) groups excluding carboxylic acids is 2. The van der Waals surface area contributed by atoms with E-state index in [2.05, 4.69) is 10.6 Å². The molecule has 86 valence electrons. The van der Waals surface area contributed by atoms with E-state index < -0.39 is 0 Å². The number of hydrogen-bond acceptors (Lipinski definition) is 2. The zero-order valence-electron chi connectivity index (χ0n) is 8.92. The number of carbonyl (C=O) groups is 2. The van der Waals surface area contributed by atoms with Gasteiger partial charge in [-0.25, -0.2) is 0 Å². The molecular formula is C11H13ClN2O2. The molecular weight excluding hydrogens is 228 g/mol. The molecule has 5 heteroatoms. The van der Waals surface area contributed by atoms with Crippen LogP contribution < -0.4 is 10.6 Å². The third-order valence-corrected chi connectivity index (χ3v) is 2.11. The Hall–Kier alpha value is -1.55. The van der Waals surface area contributed by atoms with E-state index in [1.165, 1.54) is 6.92 Å². The number of rotatable bonds is 4. The van der Waals surface area contributed by atoms with Crippen molar-refractivity contribution in [1.29, 1.82) is 0 Å². The van der Waals surface area contributed by atoms with Crippen molar-refractivity contribution < 1.29 is 9.59 Å². The van der Waals surface area contributed by atoms with Gasteiger partial charge < -0.3 is 10.6 Å². The third kappa shape index (κ3) is 4.79. The van der Waals surface area contributed by atoms with Crippen LogP contribution in [0.2, 0.25) is 5.02 Å². The number of amides is 2. The summed E-state index contributed by atoms with van der Waals surface area (Å²) in [5, 5.41) is 5.87. The van der Waals surface area contributed by atoms with Crippen LogP contribution in [0, 0.1) is 0 Å². The van der Waals surface area contributed by atoms with E-state index in [9.17, 15) is 9.59 Å². The van der Waals surface area contributed by atoms with Gasteiger partial charge in [-0.15, -0.1) is 0 Å². The van der Waals surface area contributed by atoms with Crippen LogP contribution in [-0.2, 0) is 9.59 Å². The first kappa shape index (κ1) is 12.5. The van der Waals surface area contributed by atoms with Crippen LogP contribution in [-0.4, -0.2) is 18.4 Å². The molecule has 16 heavy (non-hydrogen) atoms. The highest BCUT2D eigenvalue weighted by Crippen LogP contribution is 2.13. The van der Waals surface area contributed by atoms with Crippen LogP contribution in [0.15, 0.2) is 24.3 Å². The van der Waals surface area contributed by atoms with E-state index in [1.807, 2.05) is 0 Å². The maximum atomic E-state index is 11.4. The van der Waals surface area contributed by atoms with Crippen LogP contribution in [0.4, 0.5) is 5.69 Å². The van der Waals surface area contributed by atoms with Crippen molar-refractivity contribution in [2.45, 2.75) is 13.3 Å². The van der Waals surface area contributed by atoms with Crippen LogP contribution >= 0.6 is 11.6 Å². The van der Waals surface area contributed by atoms with E-state index in [1.54, 1.807) is 24.3 Å². The Labute approximate surface area is 99.0 Å². The van der Waals surface area contributed by atoms with E-state index in [4.69, 9.17) is 11.6 Å². The van der Waals surface area contributed by atoms with Gasteiger partial charge in [0.05, 0.1) is 0 Å². The summed E-state index contributed by atoms with van der Waals surface area (Å²) in [7, 11) is 0. The quantitative estimate of drug-likeness (QED) is 0.843. The van der Waals surface area contributed by atoms with E-state index >= 15 is 0 Å². The van der Waals surface area contributed by atoms with Gasteiger partial charge in [-0.2, -0.15) is 0 Å². The fourth-order valence-electron chi connectivity index (χ4n) is 1.11. The lowest BCUT2D eigenvalue weighted by Gasteiger charge is -2.05.